The maximum Gasteiger partial charge on any atom is 0.410 e. The number of pyridine rings is 1. The molecule has 2 aliphatic rings. The van der Waals surface area contributed by atoms with E-state index in [0.29, 0.717) is 24.3 Å². The Bertz CT molecular complexity index is 700. The highest BCUT2D eigenvalue weighted by Gasteiger charge is 2.32. The Kier molecular flexibility index (Phi) is 7.37. The SMILES string of the molecule is CN(CC1CCC(C(=O)N2CCC(c3ccncc3)CC2)CC1)C(=O)OC(C)(C)C. The molecule has 0 N–H and O–H groups in total. The van der Waals surface area contributed by atoms with Gasteiger partial charge in [0.15, 0.2) is 0 Å². The minimum atomic E-state index is -0.472. The summed E-state index contributed by atoms with van der Waals surface area (Å²) in [5.41, 5.74) is 0.868. The monoisotopic (exact) mass is 415 g/mol. The molecule has 0 bridgehead atoms. The Morgan fingerprint density at radius 2 is 1.67 bits per heavy atom. The average molecular weight is 416 g/mol. The second kappa shape index (κ2) is 9.80. The lowest BCUT2D eigenvalue weighted by atomic mass is 9.80. The molecule has 0 radical (unpaired) electrons. The Balaban J connectivity index is 1.41. The van der Waals surface area contributed by atoms with Crippen LogP contribution in [0.2, 0.25) is 0 Å². The summed E-state index contributed by atoms with van der Waals surface area (Å²) in [6.07, 6.45) is 9.35. The molecule has 30 heavy (non-hydrogen) atoms. The van der Waals surface area contributed by atoms with Gasteiger partial charge in [-0.3, -0.25) is 9.78 Å². The predicted octanol–water partition coefficient (Wildman–Crippen LogP) is 4.46. The molecule has 1 aromatic heterocycles. The van der Waals surface area contributed by atoms with E-state index in [4.69, 9.17) is 4.74 Å². The number of nitrogens with zero attached hydrogens (tertiary/aromatic N) is 3. The number of hydrogen-bond acceptors (Lipinski definition) is 4. The maximum absolute atomic E-state index is 13.0. The molecule has 6 nitrogen and oxygen atoms in total. The van der Waals surface area contributed by atoms with Gasteiger partial charge in [0.25, 0.3) is 0 Å². The highest BCUT2D eigenvalue weighted by molar-refractivity contribution is 5.79. The van der Waals surface area contributed by atoms with Crippen LogP contribution in [-0.2, 0) is 9.53 Å². The zero-order valence-electron chi connectivity index (χ0n) is 19.0. The Labute approximate surface area is 181 Å². The van der Waals surface area contributed by atoms with Crippen LogP contribution in [0.5, 0.6) is 0 Å². The molecule has 1 saturated heterocycles. The standard InChI is InChI=1S/C24H37N3O3/c1-24(2,3)30-23(29)26(4)17-18-5-7-21(8-6-18)22(28)27-15-11-20(12-16-27)19-9-13-25-14-10-19/h9-10,13-14,18,20-21H,5-8,11-12,15-17H2,1-4H3. The van der Waals surface area contributed by atoms with Crippen LogP contribution in [0.1, 0.15) is 70.8 Å². The smallest absolute Gasteiger partial charge is 0.410 e. The Morgan fingerprint density at radius 3 is 2.23 bits per heavy atom. The van der Waals surface area contributed by atoms with Crippen LogP contribution in [-0.4, -0.2) is 59.1 Å². The molecule has 1 aromatic rings. The number of amides is 2. The van der Waals surface area contributed by atoms with E-state index in [0.717, 1.165) is 51.6 Å². The van der Waals surface area contributed by atoms with E-state index >= 15 is 0 Å². The van der Waals surface area contributed by atoms with Crippen molar-refractivity contribution in [3.8, 4) is 0 Å². The quantitative estimate of drug-likeness (QED) is 0.728. The van der Waals surface area contributed by atoms with Crippen LogP contribution in [0.3, 0.4) is 0 Å². The molecule has 2 fully saturated rings. The van der Waals surface area contributed by atoms with E-state index in [1.807, 2.05) is 33.2 Å². The van der Waals surface area contributed by atoms with Gasteiger partial charge in [-0.05, 0) is 88.8 Å². The van der Waals surface area contributed by atoms with Crippen molar-refractivity contribution in [2.75, 3.05) is 26.7 Å². The van der Waals surface area contributed by atoms with Gasteiger partial charge < -0.3 is 14.5 Å². The molecule has 0 aromatic carbocycles. The molecule has 1 saturated carbocycles. The molecule has 3 rings (SSSR count). The van der Waals surface area contributed by atoms with E-state index in [1.54, 1.807) is 11.9 Å². The van der Waals surface area contributed by atoms with Gasteiger partial charge >= 0.3 is 6.09 Å². The third-order valence-corrected chi connectivity index (χ3v) is 6.42. The molecule has 0 unspecified atom stereocenters. The van der Waals surface area contributed by atoms with Gasteiger partial charge in [-0.25, -0.2) is 4.79 Å². The van der Waals surface area contributed by atoms with Crippen molar-refractivity contribution in [3.63, 3.8) is 0 Å². The predicted molar refractivity (Wildman–Crippen MR) is 117 cm³/mol. The Hall–Kier alpha value is -2.11. The van der Waals surface area contributed by atoms with Gasteiger partial charge in [-0.1, -0.05) is 0 Å². The topological polar surface area (TPSA) is 62.7 Å². The van der Waals surface area contributed by atoms with Gasteiger partial charge in [0.1, 0.15) is 5.60 Å². The fraction of sp³-hybridized carbons (Fsp3) is 0.708. The number of carbonyl (C=O) groups is 2. The maximum atomic E-state index is 13.0. The van der Waals surface area contributed by atoms with Crippen molar-refractivity contribution in [3.05, 3.63) is 30.1 Å². The highest BCUT2D eigenvalue weighted by Crippen LogP contribution is 2.33. The highest BCUT2D eigenvalue weighted by atomic mass is 16.6. The van der Waals surface area contributed by atoms with E-state index in [1.165, 1.54) is 5.56 Å². The molecule has 1 aliphatic carbocycles. The number of hydrogen-bond donors (Lipinski definition) is 0. The normalized spacial score (nSPS) is 23.1. The zero-order valence-corrected chi connectivity index (χ0v) is 19.0. The van der Waals surface area contributed by atoms with Crippen LogP contribution in [0.4, 0.5) is 4.79 Å². The molecular weight excluding hydrogens is 378 g/mol. The van der Waals surface area contributed by atoms with Crippen molar-refractivity contribution in [1.29, 1.82) is 0 Å². The van der Waals surface area contributed by atoms with E-state index in [9.17, 15) is 9.59 Å². The van der Waals surface area contributed by atoms with E-state index in [-0.39, 0.29) is 12.0 Å². The molecule has 1 aliphatic heterocycles. The lowest BCUT2D eigenvalue weighted by Crippen LogP contribution is -2.43. The lowest BCUT2D eigenvalue weighted by Gasteiger charge is -2.37. The summed E-state index contributed by atoms with van der Waals surface area (Å²) < 4.78 is 5.44. The van der Waals surface area contributed by atoms with E-state index < -0.39 is 5.60 Å². The summed E-state index contributed by atoms with van der Waals surface area (Å²) in [6, 6.07) is 4.19. The number of piperidine rings is 1. The van der Waals surface area contributed by atoms with Crippen LogP contribution < -0.4 is 0 Å². The minimum Gasteiger partial charge on any atom is -0.444 e. The summed E-state index contributed by atoms with van der Waals surface area (Å²) in [6.45, 7) is 8.06. The zero-order chi connectivity index (χ0) is 21.7. The van der Waals surface area contributed by atoms with Crippen LogP contribution in [0.15, 0.2) is 24.5 Å². The molecule has 0 spiro atoms. The number of aromatic nitrogens is 1. The fourth-order valence-corrected chi connectivity index (χ4v) is 4.72. The molecule has 2 heterocycles. The first-order chi connectivity index (χ1) is 14.2. The molecule has 0 atom stereocenters. The fourth-order valence-electron chi connectivity index (χ4n) is 4.72. The third-order valence-electron chi connectivity index (χ3n) is 6.42. The lowest BCUT2D eigenvalue weighted by molar-refractivity contribution is -0.138. The van der Waals surface area contributed by atoms with Crippen molar-refractivity contribution < 1.29 is 14.3 Å². The van der Waals surface area contributed by atoms with Crippen molar-refractivity contribution in [2.24, 2.45) is 11.8 Å². The number of likely N-dealkylation sites (tertiary alicyclic amines) is 1. The van der Waals surface area contributed by atoms with Gasteiger partial charge in [0.2, 0.25) is 5.91 Å². The summed E-state index contributed by atoms with van der Waals surface area (Å²) in [7, 11) is 1.80. The van der Waals surface area contributed by atoms with Crippen molar-refractivity contribution >= 4 is 12.0 Å². The summed E-state index contributed by atoms with van der Waals surface area (Å²) in [5, 5.41) is 0. The third kappa shape index (κ3) is 6.19. The summed E-state index contributed by atoms with van der Waals surface area (Å²) >= 11 is 0. The Morgan fingerprint density at radius 1 is 1.07 bits per heavy atom. The molecule has 166 valence electrons. The van der Waals surface area contributed by atoms with Crippen LogP contribution >= 0.6 is 0 Å². The van der Waals surface area contributed by atoms with Crippen molar-refractivity contribution in [2.45, 2.75) is 70.8 Å². The van der Waals surface area contributed by atoms with Gasteiger partial charge in [0.05, 0.1) is 0 Å². The first-order valence-corrected chi connectivity index (χ1v) is 11.4. The van der Waals surface area contributed by atoms with Gasteiger partial charge in [-0.2, -0.15) is 0 Å². The van der Waals surface area contributed by atoms with Crippen LogP contribution in [0, 0.1) is 11.8 Å². The number of carbonyl (C=O) groups excluding carboxylic acids is 2. The van der Waals surface area contributed by atoms with Crippen molar-refractivity contribution in [1.82, 2.24) is 14.8 Å². The number of ether oxygens (including phenoxy) is 1. The molecule has 2 amide bonds. The number of rotatable bonds is 4. The molecule has 6 heteroatoms. The van der Waals surface area contributed by atoms with E-state index in [2.05, 4.69) is 22.0 Å². The minimum absolute atomic E-state index is 0.144. The largest absolute Gasteiger partial charge is 0.444 e. The second-order valence-electron chi connectivity index (χ2n) is 9.96. The van der Waals surface area contributed by atoms with Crippen LogP contribution in [0.25, 0.3) is 0 Å². The van der Waals surface area contributed by atoms with Gasteiger partial charge in [0, 0.05) is 45.0 Å². The summed E-state index contributed by atoms with van der Waals surface area (Å²) in [4.78, 5) is 33.1. The molecular formula is C24H37N3O3. The first-order valence-electron chi connectivity index (χ1n) is 11.4. The summed E-state index contributed by atoms with van der Waals surface area (Å²) in [5.74, 6) is 1.47. The average Bonchev–Trinajstić information content (AvgIpc) is 2.73. The second-order valence-corrected chi connectivity index (χ2v) is 9.96. The van der Waals surface area contributed by atoms with Gasteiger partial charge in [-0.15, -0.1) is 0 Å². The first kappa shape index (κ1) is 22.6.